The van der Waals surface area contributed by atoms with E-state index in [9.17, 15) is 14.4 Å². The van der Waals surface area contributed by atoms with Crippen LogP contribution in [0.25, 0.3) is 22.2 Å². The first-order chi connectivity index (χ1) is 26.6. The molecule has 3 aliphatic heterocycles. The van der Waals surface area contributed by atoms with E-state index in [0.29, 0.717) is 56.4 Å². The molecule has 298 valence electrons. The number of fused-ring (bicyclic) bond motifs is 1. The summed E-state index contributed by atoms with van der Waals surface area (Å²) in [4.78, 5) is 50.1. The Morgan fingerprint density at radius 3 is 2.41 bits per heavy atom. The van der Waals surface area contributed by atoms with Crippen LogP contribution >= 0.6 is 0 Å². The van der Waals surface area contributed by atoms with Gasteiger partial charge in [-0.2, -0.15) is 0 Å². The lowest BCUT2D eigenvalue weighted by Crippen LogP contribution is -2.65. The largest absolute Gasteiger partial charge is 0.488 e. The Bertz CT molecular complexity index is 1960. The maximum Gasteiger partial charge on any atom is 0.481 e. The number of aromatic nitrogens is 1. The molecule has 4 heterocycles. The van der Waals surface area contributed by atoms with E-state index in [1.165, 1.54) is 0 Å². The number of para-hydroxylation sites is 1. The number of rotatable bonds is 8. The number of nitrogens with zero attached hydrogens (tertiary/aromatic N) is 3. The quantitative estimate of drug-likeness (QED) is 0.243. The molecule has 3 amide bonds. The fourth-order valence-electron chi connectivity index (χ4n) is 10.1. The van der Waals surface area contributed by atoms with Gasteiger partial charge in [0.2, 0.25) is 11.8 Å². The van der Waals surface area contributed by atoms with Crippen LogP contribution in [0.2, 0.25) is 0 Å². The van der Waals surface area contributed by atoms with Gasteiger partial charge in [-0.05, 0) is 89.2 Å². The Kier molecular flexibility index (Phi) is 10.1. The topological polar surface area (TPSA) is 120 Å². The van der Waals surface area contributed by atoms with E-state index in [4.69, 9.17) is 23.8 Å². The fraction of sp³-hybridized carbons (Fsp3) is 0.591. The number of piperidine rings is 1. The number of hydrogen-bond donors (Lipinski definition) is 1. The summed E-state index contributed by atoms with van der Waals surface area (Å²) in [6.45, 7) is 15.5. The standard InChI is InChI=1S/C44H57BN4O7/c1-8-38(45-55-37-23-29-22-36(43(29,5)6)44(37,7)56-45)47-39(50)34-24-30(26-49(34)40(51)28-18-20-48(21-19-28)41(52)54-42(2,3)4)53-35-25-33(27-14-10-9-11-15-27)46-32-17-13-12-16-31(32)35/h9-17,25,28-30,34,36-38H,8,18-24,26H2,1-7H3,(H,47,50)/t29-,30-,34+,36-,37?,38+,44+/m1/s1. The van der Waals surface area contributed by atoms with Gasteiger partial charge in [-0.3, -0.25) is 9.59 Å². The number of amides is 3. The summed E-state index contributed by atoms with van der Waals surface area (Å²) < 4.78 is 25.8. The average Bonchev–Trinajstić information content (AvgIpc) is 3.77. The number of hydrogen-bond acceptors (Lipinski definition) is 8. The van der Waals surface area contributed by atoms with Crippen LogP contribution in [0.4, 0.5) is 4.79 Å². The van der Waals surface area contributed by atoms with E-state index in [-0.39, 0.29) is 47.8 Å². The first-order valence-electron chi connectivity index (χ1n) is 20.7. The van der Waals surface area contributed by atoms with Crippen LogP contribution in [0.5, 0.6) is 5.75 Å². The summed E-state index contributed by atoms with van der Waals surface area (Å²) in [6, 6.07) is 19.1. The van der Waals surface area contributed by atoms with E-state index in [1.807, 2.05) is 88.4 Å². The van der Waals surface area contributed by atoms with Crippen molar-refractivity contribution in [3.63, 3.8) is 0 Å². The Balaban J connectivity index is 1.02. The molecule has 3 saturated carbocycles. The average molecular weight is 765 g/mol. The molecule has 6 aliphatic rings. The van der Waals surface area contributed by atoms with Crippen LogP contribution in [0.15, 0.2) is 60.7 Å². The molecule has 9 rings (SSSR count). The van der Waals surface area contributed by atoms with E-state index in [1.54, 1.807) is 9.80 Å². The number of nitrogens with one attached hydrogen (secondary N) is 1. The molecular formula is C44H57BN4O7. The third-order valence-electron chi connectivity index (χ3n) is 13.5. The van der Waals surface area contributed by atoms with Crippen molar-refractivity contribution in [2.75, 3.05) is 19.6 Å². The number of carbonyl (C=O) groups is 3. The van der Waals surface area contributed by atoms with Gasteiger partial charge in [0.25, 0.3) is 0 Å². The number of likely N-dealkylation sites (tertiary alicyclic amines) is 2. The predicted octanol–water partition coefficient (Wildman–Crippen LogP) is 7.06. The molecule has 2 aromatic carbocycles. The molecule has 56 heavy (non-hydrogen) atoms. The zero-order chi connectivity index (χ0) is 39.6. The van der Waals surface area contributed by atoms with Crippen molar-refractivity contribution in [2.45, 2.75) is 122 Å². The van der Waals surface area contributed by atoms with Gasteiger partial charge in [0.1, 0.15) is 23.5 Å². The highest BCUT2D eigenvalue weighted by atomic mass is 16.7. The maximum atomic E-state index is 14.5. The Morgan fingerprint density at radius 2 is 1.71 bits per heavy atom. The Hall–Kier alpha value is -4.16. The Morgan fingerprint density at radius 1 is 1.00 bits per heavy atom. The molecule has 11 nitrogen and oxygen atoms in total. The van der Waals surface area contributed by atoms with E-state index >= 15 is 0 Å². The van der Waals surface area contributed by atoms with Crippen molar-refractivity contribution in [1.82, 2.24) is 20.1 Å². The molecular weight excluding hydrogens is 707 g/mol. The van der Waals surface area contributed by atoms with Crippen molar-refractivity contribution in [3.05, 3.63) is 60.7 Å². The SMILES string of the molecule is CC[C@H](NC(=O)[C@@H]1C[C@@H](Oc2cc(-c3ccccc3)nc3ccccc23)CN1C(=O)C1CCN(C(=O)OC(C)(C)C)CC1)B1OC2C[C@H]3C[C@H](C3(C)C)[C@]2(C)O1. The lowest BCUT2D eigenvalue weighted by molar-refractivity contribution is -0.199. The zero-order valence-corrected chi connectivity index (χ0v) is 34.0. The first kappa shape index (κ1) is 38.7. The molecule has 6 fully saturated rings. The number of benzene rings is 2. The normalized spacial score (nSPS) is 29.1. The van der Waals surface area contributed by atoms with Crippen LogP contribution < -0.4 is 10.1 Å². The number of ether oxygens (including phenoxy) is 2. The second-order valence-electron chi connectivity index (χ2n) is 18.5. The van der Waals surface area contributed by atoms with Crippen molar-refractivity contribution >= 4 is 35.9 Å². The highest BCUT2D eigenvalue weighted by molar-refractivity contribution is 6.47. The minimum absolute atomic E-state index is 0.0000680. The molecule has 7 atom stereocenters. The van der Waals surface area contributed by atoms with Crippen LogP contribution in [-0.2, 0) is 23.6 Å². The third-order valence-corrected chi connectivity index (χ3v) is 13.5. The van der Waals surface area contributed by atoms with Crippen LogP contribution in [0.3, 0.4) is 0 Å². The second kappa shape index (κ2) is 14.7. The number of pyridine rings is 1. The summed E-state index contributed by atoms with van der Waals surface area (Å²) in [7, 11) is -0.566. The molecule has 3 aliphatic carbocycles. The zero-order valence-electron chi connectivity index (χ0n) is 34.0. The van der Waals surface area contributed by atoms with Crippen molar-refractivity contribution in [1.29, 1.82) is 0 Å². The van der Waals surface area contributed by atoms with Gasteiger partial charge in [0.05, 0.1) is 35.4 Å². The second-order valence-corrected chi connectivity index (χ2v) is 18.5. The van der Waals surface area contributed by atoms with Crippen molar-refractivity contribution in [2.24, 2.45) is 23.2 Å². The number of carbonyl (C=O) groups excluding carboxylic acids is 3. The molecule has 12 heteroatoms. The lowest BCUT2D eigenvalue weighted by atomic mass is 9.43. The minimum atomic E-state index is -0.752. The lowest BCUT2D eigenvalue weighted by Gasteiger charge is -2.64. The molecule has 1 N–H and O–H groups in total. The highest BCUT2D eigenvalue weighted by Crippen LogP contribution is 2.65. The molecule has 1 aromatic heterocycles. The third kappa shape index (κ3) is 7.16. The smallest absolute Gasteiger partial charge is 0.481 e. The monoisotopic (exact) mass is 764 g/mol. The minimum Gasteiger partial charge on any atom is -0.488 e. The molecule has 0 radical (unpaired) electrons. The van der Waals surface area contributed by atoms with Gasteiger partial charge in [0, 0.05) is 42.4 Å². The van der Waals surface area contributed by atoms with Gasteiger partial charge in [-0.25, -0.2) is 9.78 Å². The predicted molar refractivity (Wildman–Crippen MR) is 215 cm³/mol. The first-order valence-corrected chi connectivity index (χ1v) is 20.7. The fourth-order valence-corrected chi connectivity index (χ4v) is 10.1. The van der Waals surface area contributed by atoms with Gasteiger partial charge >= 0.3 is 13.2 Å². The van der Waals surface area contributed by atoms with Crippen LogP contribution in [-0.4, -0.2) is 94.8 Å². The van der Waals surface area contributed by atoms with Gasteiger partial charge in [-0.1, -0.05) is 63.2 Å². The Labute approximate surface area is 331 Å². The van der Waals surface area contributed by atoms with Gasteiger partial charge in [0.15, 0.2) is 0 Å². The van der Waals surface area contributed by atoms with Crippen molar-refractivity contribution < 1.29 is 33.2 Å². The molecule has 2 bridgehead atoms. The maximum absolute atomic E-state index is 14.5. The molecule has 3 aromatic rings. The van der Waals surface area contributed by atoms with Gasteiger partial charge < -0.3 is 33.9 Å². The summed E-state index contributed by atoms with van der Waals surface area (Å²) >= 11 is 0. The van der Waals surface area contributed by atoms with Crippen LogP contribution in [0.1, 0.15) is 87.0 Å². The summed E-state index contributed by atoms with van der Waals surface area (Å²) in [6.07, 6.45) is 3.22. The highest BCUT2D eigenvalue weighted by Gasteiger charge is 2.68. The van der Waals surface area contributed by atoms with E-state index in [2.05, 4.69) is 26.1 Å². The molecule has 1 unspecified atom stereocenters. The van der Waals surface area contributed by atoms with E-state index in [0.717, 1.165) is 35.0 Å². The molecule has 3 saturated heterocycles. The van der Waals surface area contributed by atoms with Crippen LogP contribution in [0, 0.1) is 23.2 Å². The van der Waals surface area contributed by atoms with Gasteiger partial charge in [-0.15, -0.1) is 0 Å². The summed E-state index contributed by atoms with van der Waals surface area (Å²) in [5.41, 5.74) is 1.77. The molecule has 0 spiro atoms. The summed E-state index contributed by atoms with van der Waals surface area (Å²) in [5.74, 6) is 0.652. The van der Waals surface area contributed by atoms with Crippen molar-refractivity contribution in [3.8, 4) is 17.0 Å². The summed E-state index contributed by atoms with van der Waals surface area (Å²) in [5, 5.41) is 4.15. The van der Waals surface area contributed by atoms with E-state index < -0.39 is 30.5 Å².